The minimum Gasteiger partial charge on any atom is -0.282 e. The molecular formula is C25H34N4. The Labute approximate surface area is 175 Å². The molecule has 3 aliphatic heterocycles. The van der Waals surface area contributed by atoms with Crippen LogP contribution >= 0.6 is 0 Å². The van der Waals surface area contributed by atoms with E-state index in [2.05, 4.69) is 80.5 Å². The first-order valence-electron chi connectivity index (χ1n) is 11.6. The minimum absolute atomic E-state index is 0.435. The third-order valence-electron chi connectivity index (χ3n) is 6.88. The SMILES string of the molecule is c1ccc(N2C(N3CCCCC3)CC(N3CCCCC3)N2c2ccccc2)cc1. The summed E-state index contributed by atoms with van der Waals surface area (Å²) in [6, 6.07) is 22.1. The lowest BCUT2D eigenvalue weighted by atomic mass is 10.1. The van der Waals surface area contributed by atoms with Crippen LogP contribution < -0.4 is 10.0 Å². The number of likely N-dealkylation sites (tertiary alicyclic amines) is 2. The summed E-state index contributed by atoms with van der Waals surface area (Å²) in [5, 5.41) is 5.22. The van der Waals surface area contributed by atoms with E-state index in [1.165, 1.54) is 82.5 Å². The normalized spacial score (nSPS) is 26.8. The fourth-order valence-corrected chi connectivity index (χ4v) is 5.47. The summed E-state index contributed by atoms with van der Waals surface area (Å²) in [6.45, 7) is 4.90. The number of piperidine rings is 2. The van der Waals surface area contributed by atoms with Crippen molar-refractivity contribution < 1.29 is 0 Å². The number of benzene rings is 2. The van der Waals surface area contributed by atoms with Gasteiger partial charge in [0, 0.05) is 32.6 Å². The van der Waals surface area contributed by atoms with E-state index >= 15 is 0 Å². The Kier molecular flexibility index (Phi) is 5.73. The van der Waals surface area contributed by atoms with Crippen LogP contribution in [0.3, 0.4) is 0 Å². The molecule has 3 aliphatic rings. The first kappa shape index (κ1) is 19.0. The van der Waals surface area contributed by atoms with Crippen LogP contribution in [0.5, 0.6) is 0 Å². The van der Waals surface area contributed by atoms with E-state index in [9.17, 15) is 0 Å². The van der Waals surface area contributed by atoms with Crippen LogP contribution in [0.1, 0.15) is 44.9 Å². The molecule has 3 saturated heterocycles. The van der Waals surface area contributed by atoms with E-state index in [1.54, 1.807) is 0 Å². The standard InChI is InChI=1S/C25H34N4/c1-5-13-22(14-6-1)28-24(26-17-9-3-10-18-26)21-25(27-19-11-4-12-20-27)29(28)23-15-7-2-8-16-23/h1-2,5-8,13-16,24-25H,3-4,9-12,17-21H2. The average molecular weight is 391 g/mol. The van der Waals surface area contributed by atoms with Crippen molar-refractivity contribution in [2.45, 2.75) is 57.3 Å². The van der Waals surface area contributed by atoms with E-state index in [4.69, 9.17) is 0 Å². The van der Waals surface area contributed by atoms with Crippen molar-refractivity contribution in [1.29, 1.82) is 0 Å². The summed E-state index contributed by atoms with van der Waals surface area (Å²) in [6.07, 6.45) is 10.1. The summed E-state index contributed by atoms with van der Waals surface area (Å²) in [5.74, 6) is 0. The molecule has 0 aliphatic carbocycles. The van der Waals surface area contributed by atoms with Crippen molar-refractivity contribution in [1.82, 2.24) is 9.80 Å². The topological polar surface area (TPSA) is 13.0 Å². The van der Waals surface area contributed by atoms with Crippen LogP contribution in [0.15, 0.2) is 60.7 Å². The van der Waals surface area contributed by atoms with Gasteiger partial charge in [0.15, 0.2) is 0 Å². The van der Waals surface area contributed by atoms with Crippen molar-refractivity contribution in [2.75, 3.05) is 36.2 Å². The highest BCUT2D eigenvalue weighted by molar-refractivity contribution is 5.61. The summed E-state index contributed by atoms with van der Waals surface area (Å²) >= 11 is 0. The molecule has 2 atom stereocenters. The van der Waals surface area contributed by atoms with Crippen LogP contribution in [0.2, 0.25) is 0 Å². The zero-order valence-corrected chi connectivity index (χ0v) is 17.5. The summed E-state index contributed by atoms with van der Waals surface area (Å²) < 4.78 is 0. The molecule has 0 amide bonds. The van der Waals surface area contributed by atoms with Crippen LogP contribution in [0.4, 0.5) is 11.4 Å². The molecule has 0 spiro atoms. The predicted molar refractivity (Wildman–Crippen MR) is 121 cm³/mol. The minimum atomic E-state index is 0.435. The van der Waals surface area contributed by atoms with Gasteiger partial charge in [-0.25, -0.2) is 0 Å². The number of hydrogen-bond acceptors (Lipinski definition) is 4. The van der Waals surface area contributed by atoms with E-state index < -0.39 is 0 Å². The molecule has 3 fully saturated rings. The second-order valence-electron chi connectivity index (χ2n) is 8.75. The third kappa shape index (κ3) is 3.88. The third-order valence-corrected chi connectivity index (χ3v) is 6.88. The Morgan fingerprint density at radius 3 is 1.24 bits per heavy atom. The average Bonchev–Trinajstić information content (AvgIpc) is 3.22. The zero-order valence-electron chi connectivity index (χ0n) is 17.5. The highest BCUT2D eigenvalue weighted by Gasteiger charge is 2.45. The van der Waals surface area contributed by atoms with Crippen LogP contribution in [0, 0.1) is 0 Å². The fourth-order valence-electron chi connectivity index (χ4n) is 5.47. The molecule has 0 bridgehead atoms. The summed E-state index contributed by atoms with van der Waals surface area (Å²) in [7, 11) is 0. The number of hydrazine groups is 1. The van der Waals surface area contributed by atoms with Gasteiger partial charge < -0.3 is 0 Å². The Morgan fingerprint density at radius 1 is 0.483 bits per heavy atom. The van der Waals surface area contributed by atoms with Gasteiger partial charge >= 0.3 is 0 Å². The fraction of sp³-hybridized carbons (Fsp3) is 0.520. The Hall–Kier alpha value is -2.04. The Bertz CT molecular complexity index is 687. The van der Waals surface area contributed by atoms with Crippen molar-refractivity contribution in [3.8, 4) is 0 Å². The van der Waals surface area contributed by atoms with Gasteiger partial charge in [0.05, 0.1) is 11.4 Å². The van der Waals surface area contributed by atoms with Gasteiger partial charge in [-0.1, -0.05) is 49.2 Å². The van der Waals surface area contributed by atoms with Gasteiger partial charge in [0.2, 0.25) is 0 Å². The Morgan fingerprint density at radius 2 is 0.862 bits per heavy atom. The highest BCUT2D eigenvalue weighted by atomic mass is 15.7. The predicted octanol–water partition coefficient (Wildman–Crippen LogP) is 4.94. The molecule has 3 heterocycles. The highest BCUT2D eigenvalue weighted by Crippen LogP contribution is 2.39. The van der Waals surface area contributed by atoms with Crippen LogP contribution in [-0.2, 0) is 0 Å². The summed E-state index contributed by atoms with van der Waals surface area (Å²) in [4.78, 5) is 5.49. The molecule has 0 saturated carbocycles. The molecular weight excluding hydrogens is 356 g/mol. The van der Waals surface area contributed by atoms with Gasteiger partial charge in [-0.2, -0.15) is 0 Å². The van der Waals surface area contributed by atoms with Crippen molar-refractivity contribution in [3.63, 3.8) is 0 Å². The molecule has 0 radical (unpaired) electrons. The van der Waals surface area contributed by atoms with Crippen LogP contribution in [-0.4, -0.2) is 48.3 Å². The molecule has 154 valence electrons. The maximum Gasteiger partial charge on any atom is 0.106 e. The van der Waals surface area contributed by atoms with E-state index in [1.807, 2.05) is 0 Å². The smallest absolute Gasteiger partial charge is 0.106 e. The van der Waals surface area contributed by atoms with Gasteiger partial charge in [-0.15, -0.1) is 0 Å². The van der Waals surface area contributed by atoms with Crippen molar-refractivity contribution in [2.24, 2.45) is 0 Å². The second-order valence-corrected chi connectivity index (χ2v) is 8.75. The second kappa shape index (κ2) is 8.76. The first-order chi connectivity index (χ1) is 14.4. The van der Waals surface area contributed by atoms with Gasteiger partial charge in [-0.05, 0) is 49.9 Å². The molecule has 0 aromatic heterocycles. The molecule has 4 heteroatoms. The summed E-state index contributed by atoms with van der Waals surface area (Å²) in [5.41, 5.74) is 2.62. The molecule has 5 rings (SSSR count). The lowest BCUT2D eigenvalue weighted by Crippen LogP contribution is -2.54. The van der Waals surface area contributed by atoms with Crippen LogP contribution in [0.25, 0.3) is 0 Å². The van der Waals surface area contributed by atoms with Crippen molar-refractivity contribution >= 4 is 11.4 Å². The maximum absolute atomic E-state index is 2.75. The van der Waals surface area contributed by atoms with E-state index in [0.717, 1.165) is 0 Å². The lowest BCUT2D eigenvalue weighted by molar-refractivity contribution is 0.135. The van der Waals surface area contributed by atoms with Gasteiger partial charge in [-0.3, -0.25) is 19.8 Å². The van der Waals surface area contributed by atoms with Crippen molar-refractivity contribution in [3.05, 3.63) is 60.7 Å². The Balaban J connectivity index is 1.56. The zero-order chi connectivity index (χ0) is 19.5. The molecule has 4 nitrogen and oxygen atoms in total. The molecule has 0 N–H and O–H groups in total. The van der Waals surface area contributed by atoms with Gasteiger partial charge in [0.25, 0.3) is 0 Å². The number of para-hydroxylation sites is 2. The molecule has 2 unspecified atom stereocenters. The van der Waals surface area contributed by atoms with E-state index in [0.29, 0.717) is 12.3 Å². The number of nitrogens with zero attached hydrogens (tertiary/aromatic N) is 4. The maximum atomic E-state index is 2.75. The number of anilines is 2. The number of rotatable bonds is 4. The van der Waals surface area contributed by atoms with E-state index in [-0.39, 0.29) is 0 Å². The number of hydrogen-bond donors (Lipinski definition) is 0. The largest absolute Gasteiger partial charge is 0.282 e. The molecule has 29 heavy (non-hydrogen) atoms. The molecule has 2 aromatic rings. The first-order valence-corrected chi connectivity index (χ1v) is 11.6. The monoisotopic (exact) mass is 390 g/mol. The van der Waals surface area contributed by atoms with Gasteiger partial charge in [0.1, 0.15) is 12.3 Å². The quantitative estimate of drug-likeness (QED) is 0.733. The molecule has 2 aromatic carbocycles. The lowest BCUT2D eigenvalue weighted by Gasteiger charge is -2.44.